The number of aliphatic imine (C=N–C) groups is 1. The molecule has 1 aromatic carbocycles. The molecule has 16 heavy (non-hydrogen) atoms. The van der Waals surface area contributed by atoms with Gasteiger partial charge in [0.05, 0.1) is 11.0 Å². The molecule has 1 aliphatic rings. The van der Waals surface area contributed by atoms with Crippen LogP contribution in [0.5, 0.6) is 5.75 Å². The Hall–Kier alpha value is -1.12. The number of aromatic hydroxyl groups is 1. The topological polar surface area (TPSA) is 49.7 Å². The molecule has 0 spiro atoms. The third kappa shape index (κ3) is 2.04. The number of halogens is 1. The van der Waals surface area contributed by atoms with Gasteiger partial charge in [0.1, 0.15) is 5.75 Å². The van der Waals surface area contributed by atoms with Crippen LogP contribution in [0.4, 0.5) is 0 Å². The van der Waals surface area contributed by atoms with Crippen molar-refractivity contribution >= 4 is 22.0 Å². The summed E-state index contributed by atoms with van der Waals surface area (Å²) in [6.45, 7) is 0.196. The van der Waals surface area contributed by atoms with E-state index in [0.717, 1.165) is 23.7 Å². The highest BCUT2D eigenvalue weighted by Gasteiger charge is 2.18. The Labute approximate surface area is 102 Å². The van der Waals surface area contributed by atoms with Crippen molar-refractivity contribution in [3.63, 3.8) is 0 Å². The summed E-state index contributed by atoms with van der Waals surface area (Å²) in [5, 5.41) is 9.94. The van der Waals surface area contributed by atoms with Crippen molar-refractivity contribution in [3.8, 4) is 5.75 Å². The van der Waals surface area contributed by atoms with Gasteiger partial charge in [-0.25, -0.2) is 9.79 Å². The summed E-state index contributed by atoms with van der Waals surface area (Å²) in [5.74, 6) is 0.208. The second-order valence-corrected chi connectivity index (χ2v) is 4.74. The van der Waals surface area contributed by atoms with E-state index in [1.165, 1.54) is 23.6 Å². The van der Waals surface area contributed by atoms with Gasteiger partial charge < -0.3 is 5.11 Å². The third-order valence-electron chi connectivity index (χ3n) is 2.95. The minimum absolute atomic E-state index is 0.196. The molecular formula is C12H12BrNO2. The Bertz CT molecular complexity index is 465. The summed E-state index contributed by atoms with van der Waals surface area (Å²) in [4.78, 5) is 13.6. The largest absolute Gasteiger partial charge is 0.506 e. The number of hydrogen-bond donors (Lipinski definition) is 1. The number of benzene rings is 1. The van der Waals surface area contributed by atoms with Crippen LogP contribution in [0.2, 0.25) is 0 Å². The number of rotatable bonds is 2. The first kappa shape index (κ1) is 11.4. The number of isocyanates is 1. The van der Waals surface area contributed by atoms with E-state index in [-0.39, 0.29) is 12.3 Å². The van der Waals surface area contributed by atoms with Crippen molar-refractivity contribution in [2.45, 2.75) is 32.2 Å². The molecule has 4 heteroatoms. The summed E-state index contributed by atoms with van der Waals surface area (Å²) < 4.78 is 0.765. The Balaban J connectivity index is 2.47. The molecule has 0 amide bonds. The van der Waals surface area contributed by atoms with Gasteiger partial charge >= 0.3 is 0 Å². The first-order valence-electron chi connectivity index (χ1n) is 5.29. The van der Waals surface area contributed by atoms with Crippen LogP contribution < -0.4 is 0 Å². The van der Waals surface area contributed by atoms with Crippen molar-refractivity contribution in [2.24, 2.45) is 4.99 Å². The molecule has 0 atom stereocenters. The molecule has 0 saturated carbocycles. The highest BCUT2D eigenvalue weighted by molar-refractivity contribution is 9.10. The van der Waals surface area contributed by atoms with Gasteiger partial charge in [0.25, 0.3) is 0 Å². The summed E-state index contributed by atoms with van der Waals surface area (Å²) >= 11 is 3.42. The van der Waals surface area contributed by atoms with Crippen LogP contribution in [0.25, 0.3) is 0 Å². The predicted molar refractivity (Wildman–Crippen MR) is 64.3 cm³/mol. The Morgan fingerprint density at radius 2 is 2.19 bits per heavy atom. The molecule has 0 radical (unpaired) electrons. The zero-order valence-corrected chi connectivity index (χ0v) is 10.4. The molecule has 0 aromatic heterocycles. The molecule has 0 bridgehead atoms. The number of aryl methyl sites for hydroxylation is 1. The van der Waals surface area contributed by atoms with Gasteiger partial charge in [0.15, 0.2) is 0 Å². The maximum atomic E-state index is 10.1. The lowest BCUT2D eigenvalue weighted by atomic mass is 9.90. The Morgan fingerprint density at radius 1 is 1.44 bits per heavy atom. The molecule has 1 N–H and O–H groups in total. The number of phenolic OH excluding ortho intramolecular Hbond substituents is 1. The summed E-state index contributed by atoms with van der Waals surface area (Å²) in [6.07, 6.45) is 5.87. The van der Waals surface area contributed by atoms with E-state index in [1.54, 1.807) is 0 Å². The quantitative estimate of drug-likeness (QED) is 0.669. The second-order valence-electron chi connectivity index (χ2n) is 3.95. The van der Waals surface area contributed by atoms with Gasteiger partial charge in [-0.3, -0.25) is 0 Å². The third-order valence-corrected chi connectivity index (χ3v) is 3.80. The molecule has 0 aliphatic heterocycles. The van der Waals surface area contributed by atoms with Crippen LogP contribution in [0.3, 0.4) is 0 Å². The van der Waals surface area contributed by atoms with Crippen LogP contribution in [0.15, 0.2) is 15.5 Å². The Kier molecular flexibility index (Phi) is 3.42. The highest BCUT2D eigenvalue weighted by Crippen LogP contribution is 2.37. The van der Waals surface area contributed by atoms with Gasteiger partial charge in [-0.15, -0.1) is 0 Å². The zero-order chi connectivity index (χ0) is 11.5. The number of hydrogen-bond acceptors (Lipinski definition) is 3. The van der Waals surface area contributed by atoms with Crippen LogP contribution in [0, 0.1) is 0 Å². The summed E-state index contributed by atoms with van der Waals surface area (Å²) in [6, 6.07) is 1.95. The van der Waals surface area contributed by atoms with Crippen molar-refractivity contribution in [1.82, 2.24) is 0 Å². The van der Waals surface area contributed by atoms with Crippen molar-refractivity contribution in [2.75, 3.05) is 0 Å². The monoisotopic (exact) mass is 281 g/mol. The van der Waals surface area contributed by atoms with E-state index in [0.29, 0.717) is 5.56 Å². The summed E-state index contributed by atoms with van der Waals surface area (Å²) in [5.41, 5.74) is 3.14. The number of phenols is 1. The predicted octanol–water partition coefficient (Wildman–Crippen LogP) is 2.87. The van der Waals surface area contributed by atoms with Gasteiger partial charge in [0, 0.05) is 5.56 Å². The SMILES string of the molecule is O=C=NCc1cc2c(c(Br)c1O)CCCC2. The molecule has 0 unspecified atom stereocenters. The van der Waals surface area contributed by atoms with E-state index >= 15 is 0 Å². The average molecular weight is 282 g/mol. The van der Waals surface area contributed by atoms with Crippen molar-refractivity contribution < 1.29 is 9.90 Å². The smallest absolute Gasteiger partial charge is 0.235 e. The fourth-order valence-electron chi connectivity index (χ4n) is 2.14. The lowest BCUT2D eigenvalue weighted by molar-refractivity contribution is 0.462. The van der Waals surface area contributed by atoms with Crippen LogP contribution in [0.1, 0.15) is 29.5 Å². The van der Waals surface area contributed by atoms with E-state index in [2.05, 4.69) is 20.9 Å². The van der Waals surface area contributed by atoms with Crippen LogP contribution >= 0.6 is 15.9 Å². The van der Waals surface area contributed by atoms with E-state index < -0.39 is 0 Å². The van der Waals surface area contributed by atoms with Crippen molar-refractivity contribution in [1.29, 1.82) is 0 Å². The minimum Gasteiger partial charge on any atom is -0.506 e. The highest BCUT2D eigenvalue weighted by atomic mass is 79.9. The zero-order valence-electron chi connectivity index (χ0n) is 8.79. The lowest BCUT2D eigenvalue weighted by Crippen LogP contribution is -2.05. The first-order valence-corrected chi connectivity index (χ1v) is 6.09. The molecule has 2 rings (SSSR count). The molecule has 1 aliphatic carbocycles. The van der Waals surface area contributed by atoms with E-state index in [1.807, 2.05) is 6.07 Å². The standard InChI is InChI=1S/C12H12BrNO2/c13-11-10-4-2-1-3-8(10)5-9(12(11)16)6-14-7-15/h5,16H,1-4,6H2. The maximum absolute atomic E-state index is 10.1. The first-order chi connectivity index (χ1) is 7.74. The number of carbonyl (C=O) groups excluding carboxylic acids is 1. The van der Waals surface area contributed by atoms with Crippen LogP contribution in [-0.4, -0.2) is 11.2 Å². The van der Waals surface area contributed by atoms with Crippen molar-refractivity contribution in [3.05, 3.63) is 27.2 Å². The Morgan fingerprint density at radius 3 is 2.94 bits per heavy atom. The fraction of sp³-hybridized carbons (Fsp3) is 0.417. The molecule has 0 fully saturated rings. The van der Waals surface area contributed by atoms with E-state index in [4.69, 9.17) is 0 Å². The van der Waals surface area contributed by atoms with Gasteiger partial charge in [0.2, 0.25) is 6.08 Å². The number of nitrogens with zero attached hydrogens (tertiary/aromatic N) is 1. The second kappa shape index (κ2) is 4.81. The molecule has 3 nitrogen and oxygen atoms in total. The molecular weight excluding hydrogens is 270 g/mol. The molecule has 84 valence electrons. The van der Waals surface area contributed by atoms with Gasteiger partial charge in [-0.1, -0.05) is 0 Å². The normalized spacial score (nSPS) is 14.1. The summed E-state index contributed by atoms with van der Waals surface area (Å²) in [7, 11) is 0. The minimum atomic E-state index is 0.196. The average Bonchev–Trinajstić information content (AvgIpc) is 2.32. The lowest BCUT2D eigenvalue weighted by Gasteiger charge is -2.19. The van der Waals surface area contributed by atoms with E-state index in [9.17, 15) is 9.90 Å². The molecule has 0 heterocycles. The van der Waals surface area contributed by atoms with Gasteiger partial charge in [-0.2, -0.15) is 0 Å². The number of fused-ring (bicyclic) bond motifs is 1. The fourth-order valence-corrected chi connectivity index (χ4v) is 2.85. The molecule has 1 aromatic rings. The van der Waals surface area contributed by atoms with Gasteiger partial charge in [-0.05, 0) is 58.8 Å². The molecule has 0 saturated heterocycles. The maximum Gasteiger partial charge on any atom is 0.235 e. The van der Waals surface area contributed by atoms with Crippen LogP contribution in [-0.2, 0) is 24.2 Å².